The van der Waals surface area contributed by atoms with E-state index in [4.69, 9.17) is 14.2 Å². The SMILES string of the molecule is CCCCC/C=C/C/C=C/CCCCCCCC1OC(C)(CCN(C)C(=O)OCc2ccccc2)OC1CCCCCCC/C=C/C/C=C/CCCCC. The summed E-state index contributed by atoms with van der Waals surface area (Å²) in [5.41, 5.74) is 0.987. The van der Waals surface area contributed by atoms with Gasteiger partial charge in [-0.05, 0) is 89.5 Å². The van der Waals surface area contributed by atoms with E-state index in [1.165, 1.54) is 128 Å². The lowest BCUT2D eigenvalue weighted by atomic mass is 9.99. The van der Waals surface area contributed by atoms with Gasteiger partial charge in [0.05, 0.1) is 12.2 Å². The minimum atomic E-state index is -0.683. The van der Waals surface area contributed by atoms with E-state index in [1.807, 2.05) is 30.3 Å². The number of carbonyl (C=O) groups excluding carboxylic acids is 1. The zero-order chi connectivity index (χ0) is 38.8. The first kappa shape index (κ1) is 47.5. The van der Waals surface area contributed by atoms with E-state index in [2.05, 4.69) is 69.4 Å². The first-order chi connectivity index (χ1) is 26.5. The summed E-state index contributed by atoms with van der Waals surface area (Å²) < 4.78 is 18.9. The summed E-state index contributed by atoms with van der Waals surface area (Å²) in [5.74, 6) is -0.683. The molecule has 1 fully saturated rings. The van der Waals surface area contributed by atoms with Gasteiger partial charge in [0.1, 0.15) is 6.61 Å². The van der Waals surface area contributed by atoms with Gasteiger partial charge in [-0.2, -0.15) is 0 Å². The number of unbranched alkanes of at least 4 members (excludes halogenated alkanes) is 16. The van der Waals surface area contributed by atoms with Crippen LogP contribution in [0.25, 0.3) is 0 Å². The van der Waals surface area contributed by atoms with Crippen LogP contribution in [0.2, 0.25) is 0 Å². The smallest absolute Gasteiger partial charge is 0.409 e. The van der Waals surface area contributed by atoms with Crippen LogP contribution in [0.5, 0.6) is 0 Å². The number of allylic oxidation sites excluding steroid dienone is 8. The van der Waals surface area contributed by atoms with Crippen molar-refractivity contribution in [3.8, 4) is 0 Å². The van der Waals surface area contributed by atoms with Crippen LogP contribution in [0.4, 0.5) is 4.79 Å². The van der Waals surface area contributed by atoms with Gasteiger partial charge >= 0.3 is 6.09 Å². The van der Waals surface area contributed by atoms with Gasteiger partial charge in [0.15, 0.2) is 5.79 Å². The molecule has 0 saturated carbocycles. The maximum absolute atomic E-state index is 12.7. The molecule has 1 aliphatic heterocycles. The first-order valence-electron chi connectivity index (χ1n) is 22.3. The van der Waals surface area contributed by atoms with Gasteiger partial charge < -0.3 is 19.1 Å². The number of benzene rings is 1. The van der Waals surface area contributed by atoms with Crippen molar-refractivity contribution in [2.75, 3.05) is 13.6 Å². The molecule has 1 saturated heterocycles. The molecule has 54 heavy (non-hydrogen) atoms. The zero-order valence-corrected chi connectivity index (χ0v) is 35.3. The van der Waals surface area contributed by atoms with Crippen LogP contribution in [-0.2, 0) is 20.8 Å². The number of nitrogens with zero attached hydrogens (tertiary/aromatic N) is 1. The highest BCUT2D eigenvalue weighted by Crippen LogP contribution is 2.36. The lowest BCUT2D eigenvalue weighted by Crippen LogP contribution is -2.35. The van der Waals surface area contributed by atoms with E-state index < -0.39 is 5.79 Å². The Labute approximate surface area is 333 Å². The maximum atomic E-state index is 12.7. The van der Waals surface area contributed by atoms with Crippen molar-refractivity contribution in [1.82, 2.24) is 4.90 Å². The molecule has 5 heteroatoms. The quantitative estimate of drug-likeness (QED) is 0.0531. The fourth-order valence-electron chi connectivity index (χ4n) is 7.03. The maximum Gasteiger partial charge on any atom is 0.409 e. The minimum Gasteiger partial charge on any atom is -0.445 e. The lowest BCUT2D eigenvalue weighted by molar-refractivity contribution is -0.168. The molecule has 1 heterocycles. The van der Waals surface area contributed by atoms with E-state index >= 15 is 0 Å². The van der Waals surface area contributed by atoms with E-state index in [9.17, 15) is 4.79 Å². The molecular formula is C49H81NO4. The van der Waals surface area contributed by atoms with Crippen LogP contribution in [0.15, 0.2) is 78.9 Å². The second-order valence-electron chi connectivity index (χ2n) is 15.7. The molecule has 0 radical (unpaired) electrons. The Hall–Kier alpha value is -2.63. The molecule has 2 atom stereocenters. The predicted molar refractivity (Wildman–Crippen MR) is 231 cm³/mol. The van der Waals surface area contributed by atoms with Gasteiger partial charge in [-0.25, -0.2) is 4.79 Å². The van der Waals surface area contributed by atoms with Gasteiger partial charge in [0, 0.05) is 20.0 Å². The van der Waals surface area contributed by atoms with Crippen molar-refractivity contribution >= 4 is 6.09 Å². The lowest BCUT2D eigenvalue weighted by Gasteiger charge is -2.26. The number of amides is 1. The Morgan fingerprint density at radius 2 is 1.06 bits per heavy atom. The minimum absolute atomic E-state index is 0.120. The normalized spacial score (nSPS) is 19.0. The number of hydrogen-bond donors (Lipinski definition) is 0. The summed E-state index contributed by atoms with van der Waals surface area (Å²) in [5, 5.41) is 0. The average Bonchev–Trinajstić information content (AvgIpc) is 3.51. The van der Waals surface area contributed by atoms with Crippen LogP contribution in [0.3, 0.4) is 0 Å². The molecule has 0 aliphatic carbocycles. The highest BCUT2D eigenvalue weighted by molar-refractivity contribution is 5.67. The standard InChI is InChI=1S/C49H81NO4/c1-5-7-9-11-13-15-17-19-21-23-25-27-29-31-36-40-46-47(41-37-32-30-28-26-24-22-20-18-16-14-12-10-8-6-2)54-49(3,53-46)42-43-50(4)48(51)52-44-45-38-34-33-35-39-45/h13-16,19-22,33-35,38-39,46-47H,5-12,17-18,23-32,36-37,40-44H2,1-4H3/b15-13+,16-14+,21-19+,22-20+. The summed E-state index contributed by atoms with van der Waals surface area (Å²) >= 11 is 0. The predicted octanol–water partition coefficient (Wildman–Crippen LogP) is 14.8. The molecule has 0 aromatic heterocycles. The molecular weight excluding hydrogens is 667 g/mol. The summed E-state index contributed by atoms with van der Waals surface area (Å²) in [6.45, 7) is 7.38. The third-order valence-corrected chi connectivity index (χ3v) is 10.5. The Morgan fingerprint density at radius 3 is 1.52 bits per heavy atom. The fourth-order valence-corrected chi connectivity index (χ4v) is 7.03. The molecule has 1 aromatic rings. The van der Waals surface area contributed by atoms with Crippen LogP contribution in [0.1, 0.15) is 187 Å². The van der Waals surface area contributed by atoms with Crippen molar-refractivity contribution < 1.29 is 19.0 Å². The first-order valence-corrected chi connectivity index (χ1v) is 22.3. The van der Waals surface area contributed by atoms with Crippen molar-refractivity contribution in [1.29, 1.82) is 0 Å². The van der Waals surface area contributed by atoms with E-state index in [-0.39, 0.29) is 24.9 Å². The summed E-state index contributed by atoms with van der Waals surface area (Å²) in [6.07, 6.45) is 48.7. The zero-order valence-electron chi connectivity index (χ0n) is 35.3. The molecule has 1 aromatic carbocycles. The molecule has 2 unspecified atom stereocenters. The van der Waals surface area contributed by atoms with Crippen molar-refractivity contribution in [3.63, 3.8) is 0 Å². The van der Waals surface area contributed by atoms with Gasteiger partial charge in [-0.15, -0.1) is 0 Å². The largest absolute Gasteiger partial charge is 0.445 e. The van der Waals surface area contributed by atoms with Gasteiger partial charge in [0.25, 0.3) is 0 Å². The second-order valence-corrected chi connectivity index (χ2v) is 15.7. The third kappa shape index (κ3) is 24.7. The molecule has 1 amide bonds. The van der Waals surface area contributed by atoms with Crippen molar-refractivity contribution in [2.45, 2.75) is 206 Å². The summed E-state index contributed by atoms with van der Waals surface area (Å²) in [4.78, 5) is 14.3. The van der Waals surface area contributed by atoms with Crippen LogP contribution >= 0.6 is 0 Å². The Balaban J connectivity index is 1.70. The number of hydrogen-bond acceptors (Lipinski definition) is 4. The van der Waals surface area contributed by atoms with Crippen molar-refractivity contribution in [2.24, 2.45) is 0 Å². The van der Waals surface area contributed by atoms with E-state index in [1.54, 1.807) is 11.9 Å². The third-order valence-electron chi connectivity index (χ3n) is 10.5. The summed E-state index contributed by atoms with van der Waals surface area (Å²) in [7, 11) is 1.80. The number of carbonyl (C=O) groups is 1. The monoisotopic (exact) mass is 748 g/mol. The van der Waals surface area contributed by atoms with Gasteiger partial charge in [0.2, 0.25) is 0 Å². The van der Waals surface area contributed by atoms with Gasteiger partial charge in [-0.1, -0.05) is 170 Å². The number of ether oxygens (including phenoxy) is 3. The Morgan fingerprint density at radius 1 is 0.630 bits per heavy atom. The van der Waals surface area contributed by atoms with E-state index in [0.717, 1.165) is 31.2 Å². The highest BCUT2D eigenvalue weighted by atomic mass is 16.8. The molecule has 0 bridgehead atoms. The molecule has 1 aliphatic rings. The molecule has 0 spiro atoms. The second kappa shape index (κ2) is 32.6. The van der Waals surface area contributed by atoms with Crippen LogP contribution in [-0.4, -0.2) is 42.6 Å². The Bertz CT molecular complexity index is 1090. The highest BCUT2D eigenvalue weighted by Gasteiger charge is 2.43. The molecule has 0 N–H and O–H groups in total. The fraction of sp³-hybridized carbons (Fsp3) is 0.694. The van der Waals surface area contributed by atoms with Crippen LogP contribution in [0, 0.1) is 0 Å². The average molecular weight is 748 g/mol. The van der Waals surface area contributed by atoms with Crippen LogP contribution < -0.4 is 0 Å². The Kier molecular flexibility index (Phi) is 28.7. The molecule has 2 rings (SSSR count). The molecule has 306 valence electrons. The number of rotatable bonds is 33. The van der Waals surface area contributed by atoms with Gasteiger partial charge in [-0.3, -0.25) is 0 Å². The van der Waals surface area contributed by atoms with E-state index in [0.29, 0.717) is 13.0 Å². The van der Waals surface area contributed by atoms with Crippen molar-refractivity contribution in [3.05, 3.63) is 84.5 Å². The topological polar surface area (TPSA) is 48.0 Å². The molecule has 5 nitrogen and oxygen atoms in total. The summed E-state index contributed by atoms with van der Waals surface area (Å²) in [6, 6.07) is 9.82.